The molecule has 0 radical (unpaired) electrons. The van der Waals surface area contributed by atoms with Crippen molar-refractivity contribution < 1.29 is 19.5 Å². The van der Waals surface area contributed by atoms with Gasteiger partial charge in [0.15, 0.2) is 5.78 Å². The van der Waals surface area contributed by atoms with Crippen LogP contribution in [0.1, 0.15) is 29.6 Å². The number of carbonyl (C=O) groups is 3. The van der Waals surface area contributed by atoms with Crippen LogP contribution in [0.5, 0.6) is 0 Å². The first kappa shape index (κ1) is 11.6. The molecule has 0 bridgehead atoms. The molecule has 1 aromatic rings. The fraction of sp³-hybridized carbons (Fsp3) is 0.300. The summed E-state index contributed by atoms with van der Waals surface area (Å²) in [5.74, 6) is -1.59. The van der Waals surface area contributed by atoms with Gasteiger partial charge in [-0.3, -0.25) is 14.4 Å². The number of rotatable bonds is 6. The molecule has 80 valence electrons. The lowest BCUT2D eigenvalue weighted by Gasteiger charge is -1.96. The lowest BCUT2D eigenvalue weighted by molar-refractivity contribution is -0.138. The predicted octanol–water partition coefficient (Wildman–Crippen LogP) is 1.75. The van der Waals surface area contributed by atoms with Crippen molar-refractivity contribution in [1.82, 2.24) is 0 Å². The minimum Gasteiger partial charge on any atom is -0.481 e. The van der Waals surface area contributed by atoms with Gasteiger partial charge in [-0.2, -0.15) is 11.3 Å². The zero-order valence-electron chi connectivity index (χ0n) is 7.93. The van der Waals surface area contributed by atoms with E-state index >= 15 is 0 Å². The molecule has 1 heterocycles. The molecule has 0 amide bonds. The summed E-state index contributed by atoms with van der Waals surface area (Å²) in [6, 6.07) is 1.65. The van der Waals surface area contributed by atoms with Crippen LogP contribution in [0.15, 0.2) is 16.8 Å². The lowest BCUT2D eigenvalue weighted by Crippen LogP contribution is -2.09. The second-order valence-electron chi connectivity index (χ2n) is 3.04. The van der Waals surface area contributed by atoms with Crippen molar-refractivity contribution in [2.75, 3.05) is 0 Å². The molecule has 0 spiro atoms. The van der Waals surface area contributed by atoms with Crippen LogP contribution in [0, 0.1) is 0 Å². The van der Waals surface area contributed by atoms with Gasteiger partial charge < -0.3 is 5.11 Å². The van der Waals surface area contributed by atoms with Crippen molar-refractivity contribution in [2.45, 2.75) is 19.3 Å². The second kappa shape index (κ2) is 5.41. The highest BCUT2D eigenvalue weighted by atomic mass is 32.1. The molecular weight excluding hydrogens is 216 g/mol. The van der Waals surface area contributed by atoms with Crippen molar-refractivity contribution in [1.29, 1.82) is 0 Å². The summed E-state index contributed by atoms with van der Waals surface area (Å²) in [5, 5.41) is 11.8. The summed E-state index contributed by atoms with van der Waals surface area (Å²) in [4.78, 5) is 32.8. The number of thiophene rings is 1. The third-order valence-corrected chi connectivity index (χ3v) is 2.50. The number of carbonyl (C=O) groups excluding carboxylic acids is 2. The summed E-state index contributed by atoms with van der Waals surface area (Å²) in [5.41, 5.74) is 0.517. The summed E-state index contributed by atoms with van der Waals surface area (Å²) in [7, 11) is 0. The van der Waals surface area contributed by atoms with Crippen LogP contribution in [0.3, 0.4) is 0 Å². The number of hydrogen-bond donors (Lipinski definition) is 1. The molecule has 15 heavy (non-hydrogen) atoms. The van der Waals surface area contributed by atoms with Crippen LogP contribution in [0.4, 0.5) is 0 Å². The average Bonchev–Trinajstić information content (AvgIpc) is 2.67. The Morgan fingerprint density at radius 3 is 2.53 bits per heavy atom. The first-order valence-corrected chi connectivity index (χ1v) is 5.33. The predicted molar refractivity (Wildman–Crippen MR) is 55.1 cm³/mol. The Morgan fingerprint density at radius 2 is 2.00 bits per heavy atom. The Kier molecular flexibility index (Phi) is 4.17. The van der Waals surface area contributed by atoms with Gasteiger partial charge >= 0.3 is 5.97 Å². The summed E-state index contributed by atoms with van der Waals surface area (Å²) < 4.78 is 0. The molecule has 1 N–H and O–H groups in total. The van der Waals surface area contributed by atoms with Crippen molar-refractivity contribution in [3.05, 3.63) is 22.4 Å². The molecular formula is C10H10O4S. The molecule has 0 saturated carbocycles. The highest BCUT2D eigenvalue weighted by Crippen LogP contribution is 2.09. The van der Waals surface area contributed by atoms with Gasteiger partial charge in [-0.15, -0.1) is 0 Å². The van der Waals surface area contributed by atoms with Crippen LogP contribution in [-0.4, -0.2) is 22.6 Å². The minimum atomic E-state index is -1.02. The second-order valence-corrected chi connectivity index (χ2v) is 3.82. The van der Waals surface area contributed by atoms with Gasteiger partial charge in [0, 0.05) is 17.4 Å². The number of aliphatic carboxylic acids is 1. The van der Waals surface area contributed by atoms with Crippen molar-refractivity contribution in [3.63, 3.8) is 0 Å². The van der Waals surface area contributed by atoms with Crippen molar-refractivity contribution in [3.8, 4) is 0 Å². The van der Waals surface area contributed by atoms with Gasteiger partial charge in [-0.05, 0) is 11.4 Å². The van der Waals surface area contributed by atoms with Crippen molar-refractivity contribution in [2.24, 2.45) is 0 Å². The zero-order chi connectivity index (χ0) is 11.3. The molecule has 0 aliphatic carbocycles. The van der Waals surface area contributed by atoms with Gasteiger partial charge in [0.1, 0.15) is 5.78 Å². The molecule has 0 aliphatic heterocycles. The number of carboxylic acid groups (broad SMARTS) is 1. The van der Waals surface area contributed by atoms with Crippen molar-refractivity contribution >= 4 is 28.9 Å². The van der Waals surface area contributed by atoms with Crippen LogP contribution in [0.25, 0.3) is 0 Å². The Balaban J connectivity index is 2.39. The van der Waals surface area contributed by atoms with E-state index in [1.165, 1.54) is 11.3 Å². The van der Waals surface area contributed by atoms with E-state index in [2.05, 4.69) is 0 Å². The molecule has 1 aromatic heterocycles. The zero-order valence-corrected chi connectivity index (χ0v) is 8.75. The van der Waals surface area contributed by atoms with Crippen LogP contribution in [0.2, 0.25) is 0 Å². The Hall–Kier alpha value is -1.49. The minimum absolute atomic E-state index is 0.0782. The van der Waals surface area contributed by atoms with E-state index in [4.69, 9.17) is 5.11 Å². The summed E-state index contributed by atoms with van der Waals surface area (Å²) >= 11 is 1.39. The molecule has 0 atom stereocenters. The third kappa shape index (κ3) is 4.03. The van der Waals surface area contributed by atoms with E-state index in [0.29, 0.717) is 5.56 Å². The highest BCUT2D eigenvalue weighted by molar-refractivity contribution is 7.08. The average molecular weight is 226 g/mol. The quantitative estimate of drug-likeness (QED) is 0.592. The van der Waals surface area contributed by atoms with Gasteiger partial charge in [0.25, 0.3) is 0 Å². The van der Waals surface area contributed by atoms with E-state index in [9.17, 15) is 14.4 Å². The van der Waals surface area contributed by atoms with Crippen LogP contribution >= 0.6 is 11.3 Å². The molecule has 4 nitrogen and oxygen atoms in total. The first-order chi connectivity index (χ1) is 7.09. The largest absolute Gasteiger partial charge is 0.481 e. The molecule has 0 unspecified atom stereocenters. The van der Waals surface area contributed by atoms with E-state index in [0.717, 1.165) is 0 Å². The van der Waals surface area contributed by atoms with Gasteiger partial charge in [0.05, 0.1) is 12.8 Å². The van der Waals surface area contributed by atoms with Crippen LogP contribution in [-0.2, 0) is 9.59 Å². The van der Waals surface area contributed by atoms with Gasteiger partial charge in [-0.25, -0.2) is 0 Å². The normalized spacial score (nSPS) is 9.87. The third-order valence-electron chi connectivity index (χ3n) is 1.82. The van der Waals surface area contributed by atoms with Crippen LogP contribution < -0.4 is 0 Å². The maximum absolute atomic E-state index is 11.4. The molecule has 0 aliphatic rings. The number of carboxylic acids is 1. The maximum Gasteiger partial charge on any atom is 0.303 e. The molecule has 5 heteroatoms. The lowest BCUT2D eigenvalue weighted by atomic mass is 10.1. The highest BCUT2D eigenvalue weighted by Gasteiger charge is 2.12. The summed E-state index contributed by atoms with van der Waals surface area (Å²) in [6.45, 7) is 0. The summed E-state index contributed by atoms with van der Waals surface area (Å²) in [6.07, 6.45) is -0.495. The van der Waals surface area contributed by atoms with E-state index in [-0.39, 0.29) is 30.8 Å². The number of Topliss-reactive ketones (excluding diaryl/α,β-unsaturated/α-hetero) is 2. The van der Waals surface area contributed by atoms with E-state index in [1.54, 1.807) is 16.8 Å². The van der Waals surface area contributed by atoms with Gasteiger partial charge in [-0.1, -0.05) is 0 Å². The number of ketones is 2. The molecule has 1 rings (SSSR count). The van der Waals surface area contributed by atoms with Gasteiger partial charge in [0.2, 0.25) is 0 Å². The maximum atomic E-state index is 11.4. The Morgan fingerprint density at radius 1 is 1.27 bits per heavy atom. The van der Waals surface area contributed by atoms with E-state index in [1.807, 2.05) is 0 Å². The Bertz CT molecular complexity index is 367. The monoisotopic (exact) mass is 226 g/mol. The topological polar surface area (TPSA) is 71.4 Å². The molecule has 0 aromatic carbocycles. The fourth-order valence-electron chi connectivity index (χ4n) is 1.04. The fourth-order valence-corrected chi connectivity index (χ4v) is 1.70. The molecule has 0 saturated heterocycles. The standard InChI is InChI=1S/C10H10O4S/c11-8(1-2-10(13)14)5-9(12)7-3-4-15-6-7/h3-4,6H,1-2,5H2,(H,13,14). The number of hydrogen-bond acceptors (Lipinski definition) is 4. The SMILES string of the molecule is O=C(O)CCC(=O)CC(=O)c1ccsc1. The Labute approximate surface area is 90.5 Å². The molecule has 0 fully saturated rings. The smallest absolute Gasteiger partial charge is 0.303 e. The first-order valence-electron chi connectivity index (χ1n) is 4.38. The van der Waals surface area contributed by atoms with E-state index < -0.39 is 5.97 Å².